The Kier molecular flexibility index (Phi) is 7.28. The molecule has 6 heterocycles. The summed E-state index contributed by atoms with van der Waals surface area (Å²) in [5.41, 5.74) is 9.24. The number of likely N-dealkylation sites (tertiary alicyclic amines) is 1. The highest BCUT2D eigenvalue weighted by Crippen LogP contribution is 2.55. The number of likely N-dealkylation sites (N-methyl/N-ethyl adjacent to an activating group) is 1. The van der Waals surface area contributed by atoms with E-state index in [-0.39, 0.29) is 11.6 Å². The van der Waals surface area contributed by atoms with Gasteiger partial charge in [-0.1, -0.05) is 5.16 Å². The van der Waals surface area contributed by atoms with Crippen molar-refractivity contribution in [1.82, 2.24) is 25.3 Å². The summed E-state index contributed by atoms with van der Waals surface area (Å²) in [5.74, 6) is 2.80. The molecule has 8 rings (SSSR count). The zero-order valence-corrected chi connectivity index (χ0v) is 27.0. The number of thiophene rings is 1. The largest absolute Gasteiger partial charge is 0.473 e. The van der Waals surface area contributed by atoms with Crippen molar-refractivity contribution in [3.63, 3.8) is 0 Å². The van der Waals surface area contributed by atoms with E-state index < -0.39 is 5.41 Å². The third-order valence-electron chi connectivity index (χ3n) is 11.1. The van der Waals surface area contributed by atoms with E-state index in [9.17, 15) is 5.26 Å². The maximum atomic E-state index is 10.1. The van der Waals surface area contributed by atoms with Crippen LogP contribution in [0, 0.1) is 11.3 Å². The number of ether oxygens (including phenoxy) is 2. The lowest BCUT2D eigenvalue weighted by atomic mass is 9.63. The summed E-state index contributed by atoms with van der Waals surface area (Å²) < 4.78 is 18.9. The number of aryl methyl sites for hydroxylation is 1. The molecule has 3 aromatic heterocycles. The minimum Gasteiger partial charge on any atom is -0.473 e. The molecule has 3 N–H and O–H groups in total. The Labute approximate surface area is 268 Å². The normalized spacial score (nSPS) is 28.7. The molecule has 2 aliphatic carbocycles. The van der Waals surface area contributed by atoms with E-state index in [1.54, 1.807) is 11.3 Å². The monoisotopic (exact) mass is 630 g/mol. The van der Waals surface area contributed by atoms with Crippen LogP contribution in [0.4, 0.5) is 10.8 Å². The maximum absolute atomic E-state index is 10.1. The first-order chi connectivity index (χ1) is 21.9. The molecule has 3 fully saturated rings. The van der Waals surface area contributed by atoms with Crippen LogP contribution in [-0.2, 0) is 23.0 Å². The number of fused-ring (bicyclic) bond motifs is 4. The summed E-state index contributed by atoms with van der Waals surface area (Å²) in [6.07, 6.45) is 8.79. The molecule has 0 radical (unpaired) electrons. The number of nitrogen functional groups attached to an aromatic ring is 1. The lowest BCUT2D eigenvalue weighted by Crippen LogP contribution is -2.62. The molecule has 3 saturated heterocycles. The first-order valence-electron chi connectivity index (χ1n) is 16.6. The third kappa shape index (κ3) is 4.65. The minimum absolute atomic E-state index is 0.0245. The lowest BCUT2D eigenvalue weighted by molar-refractivity contribution is 0.117. The van der Waals surface area contributed by atoms with Crippen LogP contribution in [0.25, 0.3) is 11.5 Å². The molecule has 11 nitrogen and oxygen atoms in total. The van der Waals surface area contributed by atoms with E-state index in [1.807, 2.05) is 6.07 Å². The van der Waals surface area contributed by atoms with Crippen molar-refractivity contribution in [2.75, 3.05) is 57.1 Å². The molecular weight excluding hydrogens is 588 g/mol. The van der Waals surface area contributed by atoms with Gasteiger partial charge in [-0.25, -0.2) is 4.98 Å². The molecule has 0 bridgehead atoms. The van der Waals surface area contributed by atoms with Gasteiger partial charge in [0.2, 0.25) is 5.88 Å². The van der Waals surface area contributed by atoms with Crippen LogP contribution in [-0.4, -0.2) is 84.1 Å². The fourth-order valence-corrected chi connectivity index (χ4v) is 10.0. The number of piperazine rings is 1. The highest BCUT2D eigenvalue weighted by atomic mass is 32.1. The Hall–Kier alpha value is -3.24. The van der Waals surface area contributed by atoms with E-state index in [0.717, 1.165) is 107 Å². The van der Waals surface area contributed by atoms with Crippen LogP contribution >= 0.6 is 11.3 Å². The summed E-state index contributed by atoms with van der Waals surface area (Å²) in [6.45, 7) is 7.17. The fraction of sp³-hybridized carbons (Fsp3) is 0.636. The van der Waals surface area contributed by atoms with Crippen molar-refractivity contribution >= 4 is 22.2 Å². The number of nitriles is 1. The Morgan fingerprint density at radius 3 is 2.84 bits per heavy atom. The number of nitrogens with two attached hydrogens (primary N) is 1. The topological polar surface area (TPSA) is 139 Å². The van der Waals surface area contributed by atoms with Crippen molar-refractivity contribution in [2.24, 2.45) is 0 Å². The molecule has 238 valence electrons. The molecule has 0 saturated carbocycles. The van der Waals surface area contributed by atoms with Crippen molar-refractivity contribution in [3.8, 4) is 23.5 Å². The van der Waals surface area contributed by atoms with Crippen LogP contribution in [0.1, 0.15) is 79.2 Å². The first-order valence-corrected chi connectivity index (χ1v) is 17.4. The average molecular weight is 631 g/mol. The second kappa shape index (κ2) is 11.2. The van der Waals surface area contributed by atoms with E-state index >= 15 is 0 Å². The molecule has 12 heteroatoms. The van der Waals surface area contributed by atoms with Gasteiger partial charge in [-0.3, -0.25) is 4.90 Å². The summed E-state index contributed by atoms with van der Waals surface area (Å²) in [7, 11) is 2.17. The van der Waals surface area contributed by atoms with E-state index in [0.29, 0.717) is 40.6 Å². The zero-order valence-electron chi connectivity index (χ0n) is 26.2. The molecule has 0 aromatic carbocycles. The van der Waals surface area contributed by atoms with Gasteiger partial charge in [-0.2, -0.15) is 10.2 Å². The van der Waals surface area contributed by atoms with E-state index in [4.69, 9.17) is 34.9 Å². The number of nitrogens with one attached hydrogen (secondary N) is 1. The fourth-order valence-electron chi connectivity index (χ4n) is 8.88. The summed E-state index contributed by atoms with van der Waals surface area (Å²) in [5, 5.41) is 19.0. The Morgan fingerprint density at radius 1 is 1.20 bits per heavy atom. The highest BCUT2D eigenvalue weighted by molar-refractivity contribution is 7.16. The second-order valence-corrected chi connectivity index (χ2v) is 14.8. The molecule has 3 aliphatic heterocycles. The molecule has 4 atom stereocenters. The summed E-state index contributed by atoms with van der Waals surface area (Å²) in [6, 6.07) is 4.77. The smallest absolute Gasteiger partial charge is 0.219 e. The molecule has 5 aliphatic rings. The molecular formula is C33H42N8O3S. The Morgan fingerprint density at radius 2 is 2.07 bits per heavy atom. The van der Waals surface area contributed by atoms with Gasteiger partial charge in [-0.05, 0) is 83.9 Å². The molecule has 0 unspecified atom stereocenters. The number of rotatable bonds is 5. The zero-order chi connectivity index (χ0) is 30.8. The Bertz CT molecular complexity index is 1640. The standard InChI is InChI=1S/C33H42N8O3S/c1-20(23-7-5-13-40(23)2)43-26-16-25(41-14-12-36-18-32(41)11-15-42-19-32)37-31(38-26)28-21-6-3-9-33(29(21)44-39-28)10-4-8-24-27(33)22(17-34)30(35)45-24/h16,20,23,36H,3-15,18-19,35H2,1-2H3/t20-,23-,32-,33-/m0/s1. The number of hydrogen-bond acceptors (Lipinski definition) is 12. The number of hydrogen-bond donors (Lipinski definition) is 2. The predicted molar refractivity (Wildman–Crippen MR) is 172 cm³/mol. The van der Waals surface area contributed by atoms with Crippen LogP contribution < -0.4 is 20.7 Å². The van der Waals surface area contributed by atoms with Gasteiger partial charge in [0.05, 0.1) is 23.1 Å². The molecule has 3 aromatic rings. The van der Waals surface area contributed by atoms with Crippen LogP contribution in [0.2, 0.25) is 0 Å². The van der Waals surface area contributed by atoms with Crippen molar-refractivity contribution < 1.29 is 14.0 Å². The van der Waals surface area contributed by atoms with Gasteiger partial charge >= 0.3 is 0 Å². The van der Waals surface area contributed by atoms with E-state index in [1.165, 1.54) is 11.3 Å². The number of aromatic nitrogens is 3. The van der Waals surface area contributed by atoms with Crippen LogP contribution in [0.3, 0.4) is 0 Å². The summed E-state index contributed by atoms with van der Waals surface area (Å²) >= 11 is 1.56. The van der Waals surface area contributed by atoms with Gasteiger partial charge < -0.3 is 29.9 Å². The summed E-state index contributed by atoms with van der Waals surface area (Å²) in [4.78, 5) is 16.2. The van der Waals surface area contributed by atoms with Crippen LogP contribution in [0.15, 0.2) is 10.6 Å². The van der Waals surface area contributed by atoms with Crippen LogP contribution in [0.5, 0.6) is 5.88 Å². The quantitative estimate of drug-likeness (QED) is 0.422. The van der Waals surface area contributed by atoms with Gasteiger partial charge in [0, 0.05) is 48.8 Å². The van der Waals surface area contributed by atoms with Gasteiger partial charge in [0.15, 0.2) is 17.3 Å². The first kappa shape index (κ1) is 29.2. The second-order valence-electron chi connectivity index (χ2n) is 13.6. The molecule has 0 amide bonds. The van der Waals surface area contributed by atoms with E-state index in [2.05, 4.69) is 35.2 Å². The third-order valence-corrected chi connectivity index (χ3v) is 12.2. The van der Waals surface area contributed by atoms with Crippen molar-refractivity contribution in [1.29, 1.82) is 5.26 Å². The van der Waals surface area contributed by atoms with Gasteiger partial charge in [0.25, 0.3) is 0 Å². The predicted octanol–water partition coefficient (Wildman–Crippen LogP) is 4.04. The highest BCUT2D eigenvalue weighted by Gasteiger charge is 2.49. The molecule has 2 spiro atoms. The van der Waals surface area contributed by atoms with Crippen molar-refractivity contribution in [3.05, 3.63) is 33.4 Å². The lowest BCUT2D eigenvalue weighted by Gasteiger charge is -2.45. The number of nitrogens with zero attached hydrogens (tertiary/aromatic N) is 6. The van der Waals surface area contributed by atoms with Gasteiger partial charge in [-0.15, -0.1) is 11.3 Å². The Balaban J connectivity index is 1.23. The average Bonchev–Trinajstić information content (AvgIpc) is 3.84. The minimum atomic E-state index is -0.395. The number of anilines is 2. The van der Waals surface area contributed by atoms with Crippen molar-refractivity contribution in [2.45, 2.75) is 87.8 Å². The molecule has 45 heavy (non-hydrogen) atoms. The SMILES string of the molecule is C[C@H](Oc1cc(N2CCNC[C@]23CCOC3)nc(-c2noc3c2CCC[C@@]32CCCc3sc(N)c(C#N)c32)n1)[C@@H]1CCCN1C. The maximum Gasteiger partial charge on any atom is 0.219 e. The van der Waals surface area contributed by atoms with Gasteiger partial charge in [0.1, 0.15) is 23.0 Å².